The van der Waals surface area contributed by atoms with Crippen LogP contribution < -0.4 is 0 Å². The summed E-state index contributed by atoms with van der Waals surface area (Å²) in [5, 5.41) is 10.3. The van der Waals surface area contributed by atoms with E-state index in [1.807, 2.05) is 6.26 Å². The van der Waals surface area contributed by atoms with Gasteiger partial charge in [-0.1, -0.05) is 23.8 Å². The molecule has 0 bridgehead atoms. The summed E-state index contributed by atoms with van der Waals surface area (Å²) in [5.74, 6) is 0.168. The number of benzene rings is 1. The highest BCUT2D eigenvalue weighted by molar-refractivity contribution is 8.23. The maximum absolute atomic E-state index is 9.63. The molecule has 0 heterocycles. The SMILES string of the molecule is CSC(=S)C=C(O)c1ccc(Cl)cc1. The molecule has 1 aromatic carbocycles. The van der Waals surface area contributed by atoms with E-state index in [9.17, 15) is 5.11 Å². The molecule has 1 rings (SSSR count). The van der Waals surface area contributed by atoms with Crippen LogP contribution in [0, 0.1) is 0 Å². The largest absolute Gasteiger partial charge is 0.507 e. The van der Waals surface area contributed by atoms with Crippen molar-refractivity contribution in [2.75, 3.05) is 6.26 Å². The lowest BCUT2D eigenvalue weighted by atomic mass is 10.2. The maximum Gasteiger partial charge on any atom is 0.124 e. The Morgan fingerprint density at radius 1 is 1.43 bits per heavy atom. The van der Waals surface area contributed by atoms with Crippen molar-refractivity contribution < 1.29 is 5.11 Å². The molecule has 0 aliphatic rings. The van der Waals surface area contributed by atoms with Crippen LogP contribution in [-0.4, -0.2) is 15.6 Å². The van der Waals surface area contributed by atoms with E-state index >= 15 is 0 Å². The van der Waals surface area contributed by atoms with Crippen LogP contribution in [-0.2, 0) is 0 Å². The average Bonchev–Trinajstić information content (AvgIpc) is 2.18. The normalized spacial score (nSPS) is 11.4. The molecule has 1 nitrogen and oxygen atoms in total. The molecule has 0 unspecified atom stereocenters. The fourth-order valence-electron chi connectivity index (χ4n) is 0.875. The zero-order chi connectivity index (χ0) is 10.6. The zero-order valence-electron chi connectivity index (χ0n) is 7.53. The predicted octanol–water partition coefficient (Wildman–Crippen LogP) is 3.93. The molecule has 1 aromatic rings. The van der Waals surface area contributed by atoms with E-state index < -0.39 is 0 Å². The van der Waals surface area contributed by atoms with Crippen LogP contribution >= 0.6 is 35.6 Å². The van der Waals surface area contributed by atoms with Gasteiger partial charge in [-0.2, -0.15) is 0 Å². The molecule has 0 spiro atoms. The van der Waals surface area contributed by atoms with Crippen LogP contribution in [0.25, 0.3) is 5.76 Å². The van der Waals surface area contributed by atoms with E-state index in [1.165, 1.54) is 11.8 Å². The van der Waals surface area contributed by atoms with Crippen molar-refractivity contribution in [3.8, 4) is 0 Å². The molecule has 0 atom stereocenters. The smallest absolute Gasteiger partial charge is 0.124 e. The number of aliphatic hydroxyl groups is 1. The molecule has 0 aliphatic heterocycles. The first-order valence-electron chi connectivity index (χ1n) is 3.88. The number of rotatable bonds is 2. The van der Waals surface area contributed by atoms with Crippen LogP contribution in [0.15, 0.2) is 30.3 Å². The Labute approximate surface area is 97.8 Å². The second-order valence-electron chi connectivity index (χ2n) is 2.56. The average molecular weight is 245 g/mol. The Kier molecular flexibility index (Phi) is 4.45. The van der Waals surface area contributed by atoms with Gasteiger partial charge in [0.2, 0.25) is 0 Å². The van der Waals surface area contributed by atoms with Gasteiger partial charge in [0, 0.05) is 16.7 Å². The Morgan fingerprint density at radius 2 is 2.00 bits per heavy atom. The number of halogens is 1. The Balaban J connectivity index is 2.89. The Bertz CT molecular complexity index is 357. The van der Waals surface area contributed by atoms with Crippen LogP contribution in [0.2, 0.25) is 5.02 Å². The topological polar surface area (TPSA) is 20.2 Å². The highest BCUT2D eigenvalue weighted by atomic mass is 35.5. The second-order valence-corrected chi connectivity index (χ2v) is 4.54. The first-order valence-corrected chi connectivity index (χ1v) is 5.89. The van der Waals surface area contributed by atoms with Gasteiger partial charge in [-0.3, -0.25) is 0 Å². The Morgan fingerprint density at radius 3 is 2.50 bits per heavy atom. The lowest BCUT2D eigenvalue weighted by Crippen LogP contribution is -1.86. The minimum atomic E-state index is 0.168. The molecule has 0 amide bonds. The fourth-order valence-corrected chi connectivity index (χ4v) is 1.34. The van der Waals surface area contributed by atoms with E-state index in [-0.39, 0.29) is 5.76 Å². The number of thiocarbonyl (C=S) groups is 1. The van der Waals surface area contributed by atoms with Gasteiger partial charge in [0.05, 0.1) is 4.20 Å². The molecule has 1 N–H and O–H groups in total. The van der Waals surface area contributed by atoms with Crippen LogP contribution in [0.5, 0.6) is 0 Å². The van der Waals surface area contributed by atoms with E-state index in [1.54, 1.807) is 30.3 Å². The minimum Gasteiger partial charge on any atom is -0.507 e. The van der Waals surface area contributed by atoms with Crippen molar-refractivity contribution >= 4 is 45.5 Å². The quantitative estimate of drug-likeness (QED) is 0.484. The molecule has 0 saturated heterocycles. The monoisotopic (exact) mass is 244 g/mol. The molecule has 0 aliphatic carbocycles. The minimum absolute atomic E-state index is 0.168. The van der Waals surface area contributed by atoms with Gasteiger partial charge < -0.3 is 5.11 Å². The molecule has 74 valence electrons. The molecule has 14 heavy (non-hydrogen) atoms. The summed E-state index contributed by atoms with van der Waals surface area (Å²) >= 11 is 12.1. The third kappa shape index (κ3) is 3.33. The first-order chi connectivity index (χ1) is 6.63. The molecular weight excluding hydrogens is 236 g/mol. The number of thioether (sulfide) groups is 1. The van der Waals surface area contributed by atoms with Gasteiger partial charge in [0.1, 0.15) is 5.76 Å². The van der Waals surface area contributed by atoms with Crippen molar-refractivity contribution in [1.82, 2.24) is 0 Å². The third-order valence-corrected chi connectivity index (χ3v) is 2.99. The number of hydrogen-bond acceptors (Lipinski definition) is 3. The lowest BCUT2D eigenvalue weighted by molar-refractivity contribution is 0.512. The van der Waals surface area contributed by atoms with E-state index in [2.05, 4.69) is 0 Å². The summed E-state index contributed by atoms with van der Waals surface area (Å²) in [4.78, 5) is 0. The molecule has 0 radical (unpaired) electrons. The van der Waals surface area contributed by atoms with Gasteiger partial charge in [-0.15, -0.1) is 11.8 Å². The molecule has 0 saturated carbocycles. The van der Waals surface area contributed by atoms with E-state index in [0.29, 0.717) is 14.8 Å². The van der Waals surface area contributed by atoms with Crippen molar-refractivity contribution in [1.29, 1.82) is 0 Å². The van der Waals surface area contributed by atoms with Crippen molar-refractivity contribution in [2.45, 2.75) is 0 Å². The lowest BCUT2D eigenvalue weighted by Gasteiger charge is -2.00. The number of aliphatic hydroxyl groups excluding tert-OH is 1. The van der Waals surface area contributed by atoms with Crippen molar-refractivity contribution in [2.24, 2.45) is 0 Å². The summed E-state index contributed by atoms with van der Waals surface area (Å²) in [5.41, 5.74) is 0.714. The van der Waals surface area contributed by atoms with E-state index in [0.717, 1.165) is 0 Å². The van der Waals surface area contributed by atoms with Gasteiger partial charge in [0.25, 0.3) is 0 Å². The van der Waals surface area contributed by atoms with Crippen LogP contribution in [0.1, 0.15) is 5.56 Å². The van der Waals surface area contributed by atoms with Gasteiger partial charge >= 0.3 is 0 Å². The first kappa shape index (κ1) is 11.6. The van der Waals surface area contributed by atoms with E-state index in [4.69, 9.17) is 23.8 Å². The van der Waals surface area contributed by atoms with Gasteiger partial charge in [0.15, 0.2) is 0 Å². The summed E-state index contributed by atoms with van der Waals surface area (Å²) in [6.45, 7) is 0. The van der Waals surface area contributed by atoms with Crippen LogP contribution in [0.4, 0.5) is 0 Å². The molecular formula is C10H9ClOS2. The zero-order valence-corrected chi connectivity index (χ0v) is 9.92. The summed E-state index contributed by atoms with van der Waals surface area (Å²) in [6, 6.07) is 6.94. The number of hydrogen-bond donors (Lipinski definition) is 1. The summed E-state index contributed by atoms with van der Waals surface area (Å²) < 4.78 is 0.650. The van der Waals surface area contributed by atoms with Crippen molar-refractivity contribution in [3.05, 3.63) is 40.9 Å². The maximum atomic E-state index is 9.63. The summed E-state index contributed by atoms with van der Waals surface area (Å²) in [6.07, 6.45) is 3.43. The molecule has 0 fully saturated rings. The highest BCUT2D eigenvalue weighted by Crippen LogP contribution is 2.16. The highest BCUT2D eigenvalue weighted by Gasteiger charge is 1.99. The van der Waals surface area contributed by atoms with Gasteiger partial charge in [-0.25, -0.2) is 0 Å². The standard InChI is InChI=1S/C10H9ClOS2/c1-14-10(13)6-9(12)7-2-4-8(11)5-3-7/h2-6,12H,1H3. The molecule has 0 aromatic heterocycles. The third-order valence-electron chi connectivity index (χ3n) is 1.60. The molecule has 4 heteroatoms. The van der Waals surface area contributed by atoms with Gasteiger partial charge in [-0.05, 0) is 30.5 Å². The Hall–Kier alpha value is -0.510. The predicted molar refractivity (Wildman–Crippen MR) is 68.2 cm³/mol. The fraction of sp³-hybridized carbons (Fsp3) is 0.100. The van der Waals surface area contributed by atoms with Crippen molar-refractivity contribution in [3.63, 3.8) is 0 Å². The second kappa shape index (κ2) is 5.39. The summed E-state index contributed by atoms with van der Waals surface area (Å²) in [7, 11) is 0. The van der Waals surface area contributed by atoms with Crippen LogP contribution in [0.3, 0.4) is 0 Å².